The van der Waals surface area contributed by atoms with E-state index in [9.17, 15) is 22.0 Å². The zero-order valence-electron chi connectivity index (χ0n) is 14.6. The van der Waals surface area contributed by atoms with E-state index in [2.05, 4.69) is 19.7 Å². The maximum absolute atomic E-state index is 12.6. The first kappa shape index (κ1) is 23.6. The summed E-state index contributed by atoms with van der Waals surface area (Å²) in [6.45, 7) is -0.270. The molecule has 0 amide bonds. The van der Waals surface area contributed by atoms with Crippen LogP contribution in [0, 0.1) is 6.92 Å². The first-order chi connectivity index (χ1) is 12.7. The molecule has 11 heteroatoms. The molecule has 0 bridgehead atoms. The summed E-state index contributed by atoms with van der Waals surface area (Å²) < 4.78 is 65.6. The number of nitrogens with zero attached hydrogens (tertiary/aromatic N) is 2. The van der Waals surface area contributed by atoms with Gasteiger partial charge in [0.15, 0.2) is 6.61 Å². The lowest BCUT2D eigenvalue weighted by molar-refractivity contribution is -0.290. The summed E-state index contributed by atoms with van der Waals surface area (Å²) in [5.41, 5.74) is 2.90. The number of para-hydroxylation sites is 2. The van der Waals surface area contributed by atoms with Crippen molar-refractivity contribution in [2.24, 2.45) is 0 Å². The molecule has 1 aromatic carbocycles. The first-order valence-electron chi connectivity index (χ1n) is 7.64. The lowest BCUT2D eigenvalue weighted by Crippen LogP contribution is -2.41. The van der Waals surface area contributed by atoms with Crippen LogP contribution in [-0.4, -0.2) is 39.1 Å². The number of imidazole rings is 1. The van der Waals surface area contributed by atoms with Gasteiger partial charge < -0.3 is 15.2 Å². The van der Waals surface area contributed by atoms with Crippen molar-refractivity contribution >= 4 is 23.7 Å². The zero-order chi connectivity index (χ0) is 20.1. The highest BCUT2D eigenvalue weighted by Crippen LogP contribution is 2.36. The van der Waals surface area contributed by atoms with Crippen molar-refractivity contribution in [2.45, 2.75) is 24.8 Å². The molecule has 2 aromatic heterocycles. The zero-order valence-corrected chi connectivity index (χ0v) is 15.4. The van der Waals surface area contributed by atoms with Gasteiger partial charge in [-0.15, -0.1) is 0 Å². The fraction of sp³-hybridized carbons (Fsp3) is 0.294. The van der Waals surface area contributed by atoms with Gasteiger partial charge in [0.2, 0.25) is 0 Å². The minimum Gasteiger partial charge on any atom is -0.487 e. The smallest absolute Gasteiger partial charge is 0.456 e. The van der Waals surface area contributed by atoms with Gasteiger partial charge >= 0.3 is 12.1 Å². The molecule has 28 heavy (non-hydrogen) atoms. The molecule has 0 atom stereocenters. The fourth-order valence-corrected chi connectivity index (χ4v) is 2.28. The number of ether oxygens (including phenoxy) is 1. The summed E-state index contributed by atoms with van der Waals surface area (Å²) >= 11 is 4.74. The molecule has 3 aromatic rings. The standard InChI is InChI=1S/C10H9F5NOS.C7H6N2.H2O/c1-6-7(4-18)16-3-2-8(6)17-5-9(11,12)10(13,14)15;1-2-4-7-6(3-1)8-5-9-7;/h2-3H,4-5H2,1H3;1-5H,(H,8,9);1H2. The number of aromatic amines is 1. The van der Waals surface area contributed by atoms with Crippen LogP contribution in [0.3, 0.4) is 0 Å². The molecule has 3 N–H and O–H groups in total. The predicted octanol–water partition coefficient (Wildman–Crippen LogP) is 4.40. The second-order valence-electron chi connectivity index (χ2n) is 5.44. The highest BCUT2D eigenvalue weighted by Gasteiger charge is 2.58. The van der Waals surface area contributed by atoms with Crippen LogP contribution >= 0.6 is 12.6 Å². The van der Waals surface area contributed by atoms with Gasteiger partial charge in [0.05, 0.1) is 23.1 Å². The summed E-state index contributed by atoms with van der Waals surface area (Å²) in [6.07, 6.45) is -2.69. The molecular formula is C17H17F5N3O2S. The Hall–Kier alpha value is -2.40. The summed E-state index contributed by atoms with van der Waals surface area (Å²) in [5, 5.41) is 0. The van der Waals surface area contributed by atoms with Gasteiger partial charge in [-0.05, 0) is 25.1 Å². The number of aromatic nitrogens is 3. The third-order valence-electron chi connectivity index (χ3n) is 3.55. The fourth-order valence-electron chi connectivity index (χ4n) is 1.99. The number of hydrogen-bond donors (Lipinski definition) is 1. The quantitative estimate of drug-likeness (QED) is 0.633. The molecule has 0 aliphatic rings. The molecule has 0 spiro atoms. The first-order valence-corrected chi connectivity index (χ1v) is 8.21. The maximum atomic E-state index is 12.6. The summed E-state index contributed by atoms with van der Waals surface area (Å²) in [7, 11) is 0. The van der Waals surface area contributed by atoms with Crippen LogP contribution in [0.25, 0.3) is 11.0 Å². The second kappa shape index (κ2) is 9.69. The molecule has 0 aliphatic heterocycles. The third kappa shape index (κ3) is 5.80. The predicted molar refractivity (Wildman–Crippen MR) is 96.5 cm³/mol. The Balaban J connectivity index is 0.000000326. The molecule has 2 heterocycles. The number of rotatable bonds is 4. The van der Waals surface area contributed by atoms with Crippen molar-refractivity contribution in [3.05, 3.63) is 54.1 Å². The van der Waals surface area contributed by atoms with Gasteiger partial charge in [0.1, 0.15) is 5.75 Å². The highest BCUT2D eigenvalue weighted by molar-refractivity contribution is 7.79. The third-order valence-corrected chi connectivity index (χ3v) is 3.82. The topological polar surface area (TPSA) is 82.3 Å². The van der Waals surface area contributed by atoms with Crippen LogP contribution in [0.5, 0.6) is 5.75 Å². The monoisotopic (exact) mass is 422 g/mol. The SMILES string of the molecule is Cc1c(OCC(F)(F)C(F)(F)F)ccnc1C[S].O.c1ccc2[nH]cnc2c1. The maximum Gasteiger partial charge on any atom is 0.456 e. The highest BCUT2D eigenvalue weighted by atomic mass is 32.1. The summed E-state index contributed by atoms with van der Waals surface area (Å²) in [5.74, 6) is -4.84. The van der Waals surface area contributed by atoms with E-state index >= 15 is 0 Å². The lowest BCUT2D eigenvalue weighted by Gasteiger charge is -2.20. The Morgan fingerprint density at radius 3 is 2.36 bits per heavy atom. The van der Waals surface area contributed by atoms with E-state index in [0.717, 1.165) is 11.0 Å². The Morgan fingerprint density at radius 1 is 1.07 bits per heavy atom. The van der Waals surface area contributed by atoms with Crippen molar-refractivity contribution < 1.29 is 32.2 Å². The van der Waals surface area contributed by atoms with Crippen LogP contribution < -0.4 is 4.74 Å². The molecule has 0 fully saturated rings. The average Bonchev–Trinajstić information content (AvgIpc) is 3.09. The normalized spacial score (nSPS) is 11.4. The van der Waals surface area contributed by atoms with Crippen molar-refractivity contribution in [3.8, 4) is 5.75 Å². The lowest BCUT2D eigenvalue weighted by atomic mass is 10.2. The van der Waals surface area contributed by atoms with E-state index in [1.165, 1.54) is 19.2 Å². The van der Waals surface area contributed by atoms with Crippen LogP contribution in [-0.2, 0) is 5.75 Å². The van der Waals surface area contributed by atoms with Crippen molar-refractivity contribution in [3.63, 3.8) is 0 Å². The second-order valence-corrected chi connectivity index (χ2v) is 5.72. The molecule has 3 rings (SSSR count). The van der Waals surface area contributed by atoms with Crippen LogP contribution in [0.2, 0.25) is 0 Å². The number of benzene rings is 1. The van der Waals surface area contributed by atoms with E-state index in [4.69, 9.17) is 12.6 Å². The molecule has 0 unspecified atom stereocenters. The number of alkyl halides is 5. The van der Waals surface area contributed by atoms with Gasteiger partial charge in [0, 0.05) is 17.5 Å². The molecule has 0 saturated heterocycles. The molecule has 5 nitrogen and oxygen atoms in total. The number of pyridine rings is 1. The van der Waals surface area contributed by atoms with Gasteiger partial charge in [-0.3, -0.25) is 4.98 Å². The Bertz CT molecular complexity index is 856. The van der Waals surface area contributed by atoms with Crippen LogP contribution in [0.15, 0.2) is 42.9 Å². The Morgan fingerprint density at radius 2 is 1.75 bits per heavy atom. The van der Waals surface area contributed by atoms with E-state index in [1.807, 2.05) is 24.3 Å². The van der Waals surface area contributed by atoms with E-state index in [-0.39, 0.29) is 17.0 Å². The van der Waals surface area contributed by atoms with E-state index in [1.54, 1.807) is 6.33 Å². The minimum atomic E-state index is -5.63. The van der Waals surface area contributed by atoms with Crippen LogP contribution in [0.1, 0.15) is 11.3 Å². The van der Waals surface area contributed by atoms with Gasteiger partial charge in [0.25, 0.3) is 0 Å². The number of fused-ring (bicyclic) bond motifs is 1. The van der Waals surface area contributed by atoms with Crippen molar-refractivity contribution in [2.75, 3.05) is 6.61 Å². The van der Waals surface area contributed by atoms with Crippen molar-refractivity contribution in [1.29, 1.82) is 0 Å². The molecule has 153 valence electrons. The Kier molecular flexibility index (Phi) is 8.18. The summed E-state index contributed by atoms with van der Waals surface area (Å²) in [4.78, 5) is 10.9. The molecule has 1 radical (unpaired) electrons. The van der Waals surface area contributed by atoms with Crippen molar-refractivity contribution in [1.82, 2.24) is 15.0 Å². The number of halogens is 5. The number of H-pyrrole nitrogens is 1. The van der Waals surface area contributed by atoms with E-state index in [0.29, 0.717) is 11.3 Å². The largest absolute Gasteiger partial charge is 0.487 e. The number of hydrogen-bond acceptors (Lipinski definition) is 3. The van der Waals surface area contributed by atoms with Gasteiger partial charge in [-0.2, -0.15) is 22.0 Å². The minimum absolute atomic E-state index is 0. The van der Waals surface area contributed by atoms with Gasteiger partial charge in [-0.1, -0.05) is 24.8 Å². The number of nitrogens with one attached hydrogen (secondary N) is 1. The average molecular weight is 422 g/mol. The molecular weight excluding hydrogens is 405 g/mol. The van der Waals surface area contributed by atoms with Gasteiger partial charge in [-0.25, -0.2) is 4.98 Å². The Labute approximate surface area is 162 Å². The molecule has 0 aliphatic carbocycles. The van der Waals surface area contributed by atoms with E-state index < -0.39 is 18.7 Å². The summed E-state index contributed by atoms with van der Waals surface area (Å²) in [6, 6.07) is 9.16. The van der Waals surface area contributed by atoms with Crippen LogP contribution in [0.4, 0.5) is 22.0 Å². The molecule has 0 saturated carbocycles.